The lowest BCUT2D eigenvalue weighted by Gasteiger charge is -2.18. The van der Waals surface area contributed by atoms with E-state index in [1.807, 2.05) is 61.9 Å². The van der Waals surface area contributed by atoms with E-state index in [9.17, 15) is 4.79 Å². The van der Waals surface area contributed by atoms with Gasteiger partial charge in [0.2, 0.25) is 0 Å². The molecule has 0 bridgehead atoms. The van der Waals surface area contributed by atoms with Gasteiger partial charge in [-0.3, -0.25) is 19.4 Å². The van der Waals surface area contributed by atoms with E-state index in [4.69, 9.17) is 9.72 Å². The van der Waals surface area contributed by atoms with Crippen LogP contribution in [0.4, 0.5) is 5.13 Å². The molecule has 154 valence electrons. The lowest BCUT2D eigenvalue weighted by molar-refractivity contribution is 0.0979. The highest BCUT2D eigenvalue weighted by Gasteiger charge is 2.24. The number of benzene rings is 1. The van der Waals surface area contributed by atoms with Crippen LogP contribution in [0.15, 0.2) is 48.8 Å². The Bertz CT molecular complexity index is 1170. The third-order valence-corrected chi connectivity index (χ3v) is 5.74. The van der Waals surface area contributed by atoms with E-state index in [0.29, 0.717) is 30.5 Å². The van der Waals surface area contributed by atoms with Gasteiger partial charge in [-0.05, 0) is 56.7 Å². The average molecular weight is 422 g/mol. The number of hydrogen-bond donors (Lipinski definition) is 0. The van der Waals surface area contributed by atoms with E-state index < -0.39 is 0 Å². The molecule has 0 aliphatic carbocycles. The van der Waals surface area contributed by atoms with Crippen molar-refractivity contribution in [1.29, 1.82) is 0 Å². The molecule has 8 heteroatoms. The molecule has 7 nitrogen and oxygen atoms in total. The van der Waals surface area contributed by atoms with Crippen molar-refractivity contribution in [2.45, 2.75) is 33.9 Å². The van der Waals surface area contributed by atoms with Gasteiger partial charge in [-0.2, -0.15) is 5.10 Å². The molecule has 0 atom stereocenters. The number of hydrogen-bond acceptors (Lipinski definition) is 6. The first-order valence-electron chi connectivity index (χ1n) is 9.87. The second-order valence-electron chi connectivity index (χ2n) is 6.80. The molecule has 30 heavy (non-hydrogen) atoms. The highest BCUT2D eigenvalue weighted by Crippen LogP contribution is 2.33. The minimum Gasteiger partial charge on any atom is -0.494 e. The topological polar surface area (TPSA) is 73.1 Å². The number of thiazole rings is 1. The number of ether oxygens (including phenoxy) is 1. The van der Waals surface area contributed by atoms with Crippen LogP contribution in [-0.2, 0) is 13.1 Å². The smallest absolute Gasteiger partial charge is 0.280 e. The van der Waals surface area contributed by atoms with Crippen LogP contribution in [0.2, 0.25) is 0 Å². The van der Waals surface area contributed by atoms with Crippen LogP contribution in [-0.4, -0.2) is 32.3 Å². The third-order valence-electron chi connectivity index (χ3n) is 4.70. The summed E-state index contributed by atoms with van der Waals surface area (Å²) < 4.78 is 8.39. The van der Waals surface area contributed by atoms with Gasteiger partial charge in [0.15, 0.2) is 10.8 Å². The van der Waals surface area contributed by atoms with Gasteiger partial charge in [0.05, 0.1) is 23.4 Å². The summed E-state index contributed by atoms with van der Waals surface area (Å²) in [5, 5.41) is 5.10. The molecule has 1 aromatic carbocycles. The number of amides is 1. The lowest BCUT2D eigenvalue weighted by atomic mass is 10.2. The Morgan fingerprint density at radius 1 is 1.23 bits per heavy atom. The van der Waals surface area contributed by atoms with Crippen molar-refractivity contribution in [3.8, 4) is 5.75 Å². The predicted molar refractivity (Wildman–Crippen MR) is 118 cm³/mol. The molecule has 0 saturated heterocycles. The monoisotopic (exact) mass is 421 g/mol. The molecule has 3 aromatic heterocycles. The molecule has 0 spiro atoms. The van der Waals surface area contributed by atoms with Crippen molar-refractivity contribution in [2.75, 3.05) is 11.5 Å². The zero-order valence-corrected chi connectivity index (χ0v) is 18.0. The van der Waals surface area contributed by atoms with Crippen molar-refractivity contribution in [1.82, 2.24) is 19.7 Å². The molecule has 1 amide bonds. The number of rotatable bonds is 7. The summed E-state index contributed by atoms with van der Waals surface area (Å²) in [4.78, 5) is 24.0. The first-order chi connectivity index (χ1) is 14.6. The Labute approximate surface area is 179 Å². The van der Waals surface area contributed by atoms with Gasteiger partial charge in [0.1, 0.15) is 5.75 Å². The Morgan fingerprint density at radius 2 is 2.10 bits per heavy atom. The number of aryl methyl sites for hydroxylation is 2. The van der Waals surface area contributed by atoms with Crippen LogP contribution < -0.4 is 9.64 Å². The van der Waals surface area contributed by atoms with E-state index >= 15 is 0 Å². The number of nitrogens with zero attached hydrogens (tertiary/aromatic N) is 5. The molecular weight excluding hydrogens is 398 g/mol. The molecule has 0 N–H and O–H groups in total. The van der Waals surface area contributed by atoms with Crippen molar-refractivity contribution in [2.24, 2.45) is 0 Å². The Kier molecular flexibility index (Phi) is 5.76. The van der Waals surface area contributed by atoms with E-state index in [2.05, 4.69) is 10.1 Å². The fraction of sp³-hybridized carbons (Fsp3) is 0.273. The summed E-state index contributed by atoms with van der Waals surface area (Å²) in [6.45, 7) is 7.58. The van der Waals surface area contributed by atoms with Crippen LogP contribution in [0.3, 0.4) is 0 Å². The molecule has 0 saturated carbocycles. The standard InChI is InChI=1S/C22H23N5O2S/c1-4-27-15(3)11-19(25-27)21(28)26(14-16-7-6-10-23-13-16)22-24-18-9-8-17(29-5-2)12-20(18)30-22/h6-13H,4-5,14H2,1-3H3. The van der Waals surface area contributed by atoms with Gasteiger partial charge in [0.25, 0.3) is 5.91 Å². The summed E-state index contributed by atoms with van der Waals surface area (Å²) in [6.07, 6.45) is 3.48. The van der Waals surface area contributed by atoms with Gasteiger partial charge in [-0.1, -0.05) is 17.4 Å². The van der Waals surface area contributed by atoms with Crippen LogP contribution >= 0.6 is 11.3 Å². The van der Waals surface area contributed by atoms with Crippen LogP contribution in [0.5, 0.6) is 5.75 Å². The second-order valence-corrected chi connectivity index (χ2v) is 7.81. The number of aromatic nitrogens is 4. The van der Waals surface area contributed by atoms with Gasteiger partial charge in [-0.25, -0.2) is 4.98 Å². The van der Waals surface area contributed by atoms with Gasteiger partial charge >= 0.3 is 0 Å². The van der Waals surface area contributed by atoms with Gasteiger partial charge in [0, 0.05) is 24.6 Å². The molecule has 0 fully saturated rings. The summed E-state index contributed by atoms with van der Waals surface area (Å²) >= 11 is 1.46. The summed E-state index contributed by atoms with van der Waals surface area (Å²) in [5.74, 6) is 0.612. The number of fused-ring (bicyclic) bond motifs is 1. The molecular formula is C22H23N5O2S. The first-order valence-corrected chi connectivity index (χ1v) is 10.7. The van der Waals surface area contributed by atoms with Crippen LogP contribution in [0.1, 0.15) is 35.6 Å². The largest absolute Gasteiger partial charge is 0.494 e. The maximum atomic E-state index is 13.4. The summed E-state index contributed by atoms with van der Waals surface area (Å²) in [5.41, 5.74) is 3.12. The first kappa shape index (κ1) is 20.0. The van der Waals surface area contributed by atoms with Crippen LogP contribution in [0.25, 0.3) is 10.2 Å². The Morgan fingerprint density at radius 3 is 2.80 bits per heavy atom. The molecule has 3 heterocycles. The van der Waals surface area contributed by atoms with Crippen molar-refractivity contribution >= 4 is 32.6 Å². The molecule has 0 unspecified atom stereocenters. The minimum atomic E-state index is -0.182. The predicted octanol–water partition coefficient (Wildman–Crippen LogP) is 4.46. The molecule has 4 aromatic rings. The number of anilines is 1. The van der Waals surface area contributed by atoms with Gasteiger partial charge < -0.3 is 4.74 Å². The SMILES string of the molecule is CCOc1ccc2nc(N(Cc3cccnc3)C(=O)c3cc(C)n(CC)n3)sc2c1. The zero-order valence-electron chi connectivity index (χ0n) is 17.2. The highest BCUT2D eigenvalue weighted by atomic mass is 32.1. The Hall–Kier alpha value is -3.26. The second kappa shape index (κ2) is 8.62. The zero-order chi connectivity index (χ0) is 21.1. The van der Waals surface area contributed by atoms with E-state index in [0.717, 1.165) is 27.2 Å². The van der Waals surface area contributed by atoms with Crippen molar-refractivity contribution < 1.29 is 9.53 Å². The molecule has 4 rings (SSSR count). The van der Waals surface area contributed by atoms with E-state index in [1.165, 1.54) is 11.3 Å². The summed E-state index contributed by atoms with van der Waals surface area (Å²) in [6, 6.07) is 11.4. The fourth-order valence-corrected chi connectivity index (χ4v) is 4.23. The normalized spacial score (nSPS) is 11.0. The minimum absolute atomic E-state index is 0.182. The van der Waals surface area contributed by atoms with Crippen LogP contribution in [0, 0.1) is 6.92 Å². The average Bonchev–Trinajstić information content (AvgIpc) is 3.35. The van der Waals surface area contributed by atoms with Crippen molar-refractivity contribution in [3.05, 3.63) is 65.7 Å². The number of carbonyl (C=O) groups is 1. The highest BCUT2D eigenvalue weighted by molar-refractivity contribution is 7.22. The quantitative estimate of drug-likeness (QED) is 0.440. The molecule has 0 aliphatic heterocycles. The number of pyridine rings is 1. The molecule has 0 radical (unpaired) electrons. The maximum absolute atomic E-state index is 13.4. The number of carbonyl (C=O) groups excluding carboxylic acids is 1. The Balaban J connectivity index is 1.74. The lowest BCUT2D eigenvalue weighted by Crippen LogP contribution is -2.30. The van der Waals surface area contributed by atoms with Crippen molar-refractivity contribution in [3.63, 3.8) is 0 Å². The third kappa shape index (κ3) is 4.04. The fourth-order valence-electron chi connectivity index (χ4n) is 3.24. The van der Waals surface area contributed by atoms with E-state index in [-0.39, 0.29) is 5.91 Å². The van der Waals surface area contributed by atoms with Gasteiger partial charge in [-0.15, -0.1) is 0 Å². The van der Waals surface area contributed by atoms with E-state index in [1.54, 1.807) is 17.3 Å². The maximum Gasteiger partial charge on any atom is 0.280 e. The summed E-state index contributed by atoms with van der Waals surface area (Å²) in [7, 11) is 0. The molecule has 0 aliphatic rings.